The molecule has 3 aromatic rings. The van der Waals surface area contributed by atoms with Crippen LogP contribution < -0.4 is 4.74 Å². The second-order valence-corrected chi connectivity index (χ2v) is 7.21. The van der Waals surface area contributed by atoms with Crippen molar-refractivity contribution in [1.82, 2.24) is 9.88 Å². The molecule has 0 bridgehead atoms. The van der Waals surface area contributed by atoms with Crippen LogP contribution in [0.3, 0.4) is 0 Å². The minimum atomic E-state index is 0.0179. The third kappa shape index (κ3) is 3.31. The van der Waals surface area contributed by atoms with Gasteiger partial charge in [-0.05, 0) is 63.3 Å². The molecule has 0 spiro atoms. The number of hydrogen-bond donors (Lipinski definition) is 0. The van der Waals surface area contributed by atoms with E-state index in [1.807, 2.05) is 47.4 Å². The molecule has 2 aromatic carbocycles. The van der Waals surface area contributed by atoms with Gasteiger partial charge in [0.1, 0.15) is 5.75 Å². The number of halogens is 1. The van der Waals surface area contributed by atoms with Crippen molar-refractivity contribution >= 4 is 32.6 Å². The first-order valence-electron chi connectivity index (χ1n) is 8.73. The molecule has 1 saturated heterocycles. The first-order chi connectivity index (χ1) is 12.7. The Hall–Kier alpha value is -2.40. The van der Waals surface area contributed by atoms with Crippen molar-refractivity contribution in [3.05, 3.63) is 71.0 Å². The number of hydrogen-bond acceptors (Lipinski definition) is 3. The van der Waals surface area contributed by atoms with E-state index in [1.165, 1.54) is 0 Å². The third-order valence-electron chi connectivity index (χ3n) is 4.84. The molecular weight excluding hydrogens is 392 g/mol. The lowest BCUT2D eigenvalue weighted by molar-refractivity contribution is -0.134. The molecule has 2 heterocycles. The van der Waals surface area contributed by atoms with E-state index in [0.717, 1.165) is 40.2 Å². The highest BCUT2D eigenvalue weighted by molar-refractivity contribution is 9.10. The Balaban J connectivity index is 1.48. The molecule has 1 atom stereocenters. The SMILES string of the molecule is O=C(COc1ccc2ccccc2c1Br)N1CCC[C@@H]1c1ccncc1. The van der Waals surface area contributed by atoms with E-state index in [2.05, 4.69) is 27.0 Å². The van der Waals surface area contributed by atoms with Gasteiger partial charge in [0.2, 0.25) is 0 Å². The van der Waals surface area contributed by atoms with Crippen LogP contribution in [0.15, 0.2) is 65.4 Å². The molecule has 5 heteroatoms. The maximum Gasteiger partial charge on any atom is 0.261 e. The van der Waals surface area contributed by atoms with Crippen LogP contribution in [0.25, 0.3) is 10.8 Å². The zero-order chi connectivity index (χ0) is 17.9. The van der Waals surface area contributed by atoms with Crippen LogP contribution in [0.4, 0.5) is 0 Å². The average Bonchev–Trinajstić information content (AvgIpc) is 3.18. The summed E-state index contributed by atoms with van der Waals surface area (Å²) in [5.74, 6) is 0.709. The summed E-state index contributed by atoms with van der Waals surface area (Å²) in [7, 11) is 0. The van der Waals surface area contributed by atoms with Gasteiger partial charge in [-0.15, -0.1) is 0 Å². The van der Waals surface area contributed by atoms with E-state index in [4.69, 9.17) is 4.74 Å². The van der Waals surface area contributed by atoms with Gasteiger partial charge in [0.05, 0.1) is 10.5 Å². The minimum Gasteiger partial charge on any atom is -0.483 e. The maximum absolute atomic E-state index is 12.7. The first-order valence-corrected chi connectivity index (χ1v) is 9.53. The second kappa shape index (κ2) is 7.46. The van der Waals surface area contributed by atoms with Crippen LogP contribution in [0.1, 0.15) is 24.4 Å². The summed E-state index contributed by atoms with van der Waals surface area (Å²) < 4.78 is 6.74. The molecule has 1 aliphatic heterocycles. The Morgan fingerprint density at radius 2 is 1.96 bits per heavy atom. The third-order valence-corrected chi connectivity index (χ3v) is 5.66. The van der Waals surface area contributed by atoms with Crippen molar-refractivity contribution in [2.45, 2.75) is 18.9 Å². The Morgan fingerprint density at radius 1 is 1.15 bits per heavy atom. The van der Waals surface area contributed by atoms with Crippen LogP contribution in [-0.2, 0) is 4.79 Å². The van der Waals surface area contributed by atoms with Crippen molar-refractivity contribution in [3.63, 3.8) is 0 Å². The van der Waals surface area contributed by atoms with Crippen molar-refractivity contribution in [2.24, 2.45) is 0 Å². The van der Waals surface area contributed by atoms with Crippen molar-refractivity contribution < 1.29 is 9.53 Å². The van der Waals surface area contributed by atoms with E-state index < -0.39 is 0 Å². The molecule has 0 N–H and O–H groups in total. The average molecular weight is 411 g/mol. The van der Waals surface area contributed by atoms with Gasteiger partial charge < -0.3 is 9.64 Å². The molecule has 1 fully saturated rings. The number of fused-ring (bicyclic) bond motifs is 1. The Kier molecular flexibility index (Phi) is 4.89. The van der Waals surface area contributed by atoms with Gasteiger partial charge in [-0.3, -0.25) is 9.78 Å². The number of nitrogens with zero attached hydrogens (tertiary/aromatic N) is 2. The minimum absolute atomic E-state index is 0.0179. The number of aromatic nitrogens is 1. The number of ether oxygens (including phenoxy) is 1. The maximum atomic E-state index is 12.7. The standard InChI is InChI=1S/C21H19BrN2O2/c22-21-17-5-2-1-4-15(17)7-8-19(21)26-14-20(25)24-13-3-6-18(24)16-9-11-23-12-10-16/h1-2,4-5,7-12,18H,3,6,13-14H2/t18-/m1/s1. The topological polar surface area (TPSA) is 42.4 Å². The fourth-order valence-corrected chi connectivity index (χ4v) is 4.15. The predicted octanol–water partition coefficient (Wildman–Crippen LogP) is 4.74. The highest BCUT2D eigenvalue weighted by Gasteiger charge is 2.30. The van der Waals surface area contributed by atoms with Crippen LogP contribution >= 0.6 is 15.9 Å². The predicted molar refractivity (Wildman–Crippen MR) is 105 cm³/mol. The number of likely N-dealkylation sites (tertiary alicyclic amines) is 1. The number of carbonyl (C=O) groups is 1. The van der Waals surface area contributed by atoms with Gasteiger partial charge in [-0.2, -0.15) is 0 Å². The smallest absolute Gasteiger partial charge is 0.261 e. The summed E-state index contributed by atoms with van der Waals surface area (Å²) in [5.41, 5.74) is 1.14. The zero-order valence-corrected chi connectivity index (χ0v) is 15.9. The summed E-state index contributed by atoms with van der Waals surface area (Å²) in [5, 5.41) is 2.21. The van der Waals surface area contributed by atoms with Crippen LogP contribution in [0.5, 0.6) is 5.75 Å². The van der Waals surface area contributed by atoms with E-state index in [1.54, 1.807) is 12.4 Å². The number of pyridine rings is 1. The fourth-order valence-electron chi connectivity index (χ4n) is 3.54. The number of amides is 1. The van der Waals surface area contributed by atoms with Crippen molar-refractivity contribution in [1.29, 1.82) is 0 Å². The molecule has 1 aromatic heterocycles. The monoisotopic (exact) mass is 410 g/mol. The molecule has 1 aliphatic rings. The summed E-state index contributed by atoms with van der Waals surface area (Å²) in [4.78, 5) is 18.7. The summed E-state index contributed by atoms with van der Waals surface area (Å²) in [6.07, 6.45) is 5.55. The fraction of sp³-hybridized carbons (Fsp3) is 0.238. The largest absolute Gasteiger partial charge is 0.483 e. The Labute approximate surface area is 160 Å². The molecule has 4 rings (SSSR count). The molecule has 132 valence electrons. The molecule has 0 saturated carbocycles. The number of carbonyl (C=O) groups excluding carboxylic acids is 1. The van der Waals surface area contributed by atoms with E-state index in [0.29, 0.717) is 5.75 Å². The lowest BCUT2D eigenvalue weighted by atomic mass is 10.1. The van der Waals surface area contributed by atoms with Gasteiger partial charge in [0.25, 0.3) is 5.91 Å². The normalized spacial score (nSPS) is 16.8. The summed E-state index contributed by atoms with van der Waals surface area (Å²) in [6.45, 7) is 0.812. The molecule has 0 aliphatic carbocycles. The second-order valence-electron chi connectivity index (χ2n) is 6.41. The summed E-state index contributed by atoms with van der Waals surface area (Å²) in [6, 6.07) is 16.1. The van der Waals surface area contributed by atoms with Crippen LogP contribution in [0, 0.1) is 0 Å². The van der Waals surface area contributed by atoms with E-state index >= 15 is 0 Å². The molecule has 0 unspecified atom stereocenters. The molecule has 1 amide bonds. The number of benzene rings is 2. The summed E-state index contributed by atoms with van der Waals surface area (Å²) >= 11 is 3.61. The Bertz CT molecular complexity index is 930. The highest BCUT2D eigenvalue weighted by Crippen LogP contribution is 2.34. The van der Waals surface area contributed by atoms with Gasteiger partial charge in [-0.1, -0.05) is 30.3 Å². The zero-order valence-electron chi connectivity index (χ0n) is 14.3. The Morgan fingerprint density at radius 3 is 2.81 bits per heavy atom. The van der Waals surface area contributed by atoms with Crippen LogP contribution in [0.2, 0.25) is 0 Å². The lowest BCUT2D eigenvalue weighted by Gasteiger charge is -2.25. The van der Waals surface area contributed by atoms with Crippen LogP contribution in [-0.4, -0.2) is 28.9 Å². The van der Waals surface area contributed by atoms with Gasteiger partial charge >= 0.3 is 0 Å². The molecular formula is C21H19BrN2O2. The van der Waals surface area contributed by atoms with E-state index in [9.17, 15) is 4.79 Å². The first kappa shape index (κ1) is 17.0. The lowest BCUT2D eigenvalue weighted by Crippen LogP contribution is -2.34. The van der Waals surface area contributed by atoms with Crippen molar-refractivity contribution in [3.8, 4) is 5.75 Å². The molecule has 0 radical (unpaired) electrons. The van der Waals surface area contributed by atoms with Gasteiger partial charge in [-0.25, -0.2) is 0 Å². The quantitative estimate of drug-likeness (QED) is 0.623. The molecule has 26 heavy (non-hydrogen) atoms. The van der Waals surface area contributed by atoms with E-state index in [-0.39, 0.29) is 18.6 Å². The highest BCUT2D eigenvalue weighted by atomic mass is 79.9. The molecule has 4 nitrogen and oxygen atoms in total. The van der Waals surface area contributed by atoms with Gasteiger partial charge in [0, 0.05) is 18.9 Å². The van der Waals surface area contributed by atoms with Crippen molar-refractivity contribution in [2.75, 3.05) is 13.2 Å². The van der Waals surface area contributed by atoms with Gasteiger partial charge in [0.15, 0.2) is 6.61 Å². The number of rotatable bonds is 4.